The highest BCUT2D eigenvalue weighted by Gasteiger charge is 2.23. The molecule has 1 rings (SSSR count). The number of esters is 1. The van der Waals surface area contributed by atoms with E-state index in [0.29, 0.717) is 0 Å². The molecule has 0 saturated heterocycles. The van der Waals surface area contributed by atoms with E-state index in [1.807, 2.05) is 0 Å². The van der Waals surface area contributed by atoms with Gasteiger partial charge in [-0.15, -0.1) is 0 Å². The molecule has 4 nitrogen and oxygen atoms in total. The van der Waals surface area contributed by atoms with Crippen LogP contribution in [0.15, 0.2) is 10.7 Å². The topological polar surface area (TPSA) is 48.4 Å². The van der Waals surface area contributed by atoms with Crippen molar-refractivity contribution in [1.82, 2.24) is 4.98 Å². The van der Waals surface area contributed by atoms with Crippen LogP contribution in [0.4, 0.5) is 8.78 Å². The number of aromatic nitrogens is 1. The van der Waals surface area contributed by atoms with Crippen molar-refractivity contribution in [1.29, 1.82) is 0 Å². The molecule has 0 unspecified atom stereocenters. The summed E-state index contributed by atoms with van der Waals surface area (Å²) in [5.74, 6) is -0.640. The molecule has 0 bridgehead atoms. The lowest BCUT2D eigenvalue weighted by Gasteiger charge is -2.13. The number of hydrogen-bond donors (Lipinski definition) is 0. The van der Waals surface area contributed by atoms with Gasteiger partial charge in [-0.3, -0.25) is 4.79 Å². The van der Waals surface area contributed by atoms with Gasteiger partial charge in [-0.2, -0.15) is 0 Å². The minimum atomic E-state index is -2.74. The zero-order valence-corrected chi connectivity index (χ0v) is 10.8. The molecule has 0 N–H and O–H groups in total. The van der Waals surface area contributed by atoms with Gasteiger partial charge in [-0.1, -0.05) is 0 Å². The molecule has 0 aliphatic carbocycles. The van der Waals surface area contributed by atoms with E-state index in [9.17, 15) is 13.6 Å². The first-order valence-corrected chi connectivity index (χ1v) is 5.36. The Morgan fingerprint density at radius 2 is 2.18 bits per heavy atom. The molecule has 1 aromatic heterocycles. The molecule has 0 radical (unpaired) electrons. The van der Waals surface area contributed by atoms with Crippen molar-refractivity contribution in [3.63, 3.8) is 0 Å². The smallest absolute Gasteiger partial charge is 0.310 e. The fourth-order valence-corrected chi connectivity index (χ4v) is 1.84. The summed E-state index contributed by atoms with van der Waals surface area (Å²) in [5, 5.41) is 0. The quantitative estimate of drug-likeness (QED) is 0.802. The van der Waals surface area contributed by atoms with Crippen LogP contribution in [0.25, 0.3) is 0 Å². The number of alkyl halides is 2. The van der Waals surface area contributed by atoms with Crippen LogP contribution < -0.4 is 4.74 Å². The van der Waals surface area contributed by atoms with Crippen molar-refractivity contribution >= 4 is 21.9 Å². The Bertz CT molecular complexity index is 426. The summed E-state index contributed by atoms with van der Waals surface area (Å²) in [5.41, 5.74) is -0.272. The summed E-state index contributed by atoms with van der Waals surface area (Å²) in [6.07, 6.45) is -1.84. The summed E-state index contributed by atoms with van der Waals surface area (Å²) in [6, 6.07) is 0. The lowest BCUT2D eigenvalue weighted by atomic mass is 10.1. The Morgan fingerprint density at radius 1 is 1.53 bits per heavy atom. The molecule has 0 aliphatic heterocycles. The highest BCUT2D eigenvalue weighted by molar-refractivity contribution is 9.10. The van der Waals surface area contributed by atoms with E-state index in [1.165, 1.54) is 20.4 Å². The largest absolute Gasteiger partial charge is 0.481 e. The summed E-state index contributed by atoms with van der Waals surface area (Å²) >= 11 is 2.97. The molecule has 0 fully saturated rings. The SMILES string of the molecule is COC(=O)Cc1c(OC)ncc(Br)c1C(F)F. The summed E-state index contributed by atoms with van der Waals surface area (Å²) in [4.78, 5) is 15.0. The maximum atomic E-state index is 12.9. The molecular weight excluding hydrogens is 300 g/mol. The monoisotopic (exact) mass is 309 g/mol. The first-order valence-electron chi connectivity index (χ1n) is 4.57. The van der Waals surface area contributed by atoms with Gasteiger partial charge in [0.1, 0.15) is 0 Å². The lowest BCUT2D eigenvalue weighted by molar-refractivity contribution is -0.139. The number of pyridine rings is 1. The van der Waals surface area contributed by atoms with Gasteiger partial charge in [0, 0.05) is 21.8 Å². The third-order valence-corrected chi connectivity index (χ3v) is 2.73. The number of ether oxygens (including phenoxy) is 2. The third kappa shape index (κ3) is 3.12. The van der Waals surface area contributed by atoms with Gasteiger partial charge in [-0.05, 0) is 15.9 Å². The molecule has 0 aliphatic rings. The van der Waals surface area contributed by atoms with E-state index in [2.05, 4.69) is 25.7 Å². The van der Waals surface area contributed by atoms with Gasteiger partial charge < -0.3 is 9.47 Å². The van der Waals surface area contributed by atoms with E-state index in [-0.39, 0.29) is 27.9 Å². The number of methoxy groups -OCH3 is 2. The van der Waals surface area contributed by atoms with Crippen LogP contribution in [0.1, 0.15) is 17.6 Å². The maximum Gasteiger partial charge on any atom is 0.310 e. The van der Waals surface area contributed by atoms with Crippen LogP contribution in [0, 0.1) is 0 Å². The van der Waals surface area contributed by atoms with Gasteiger partial charge in [-0.25, -0.2) is 13.8 Å². The predicted molar refractivity (Wildman–Crippen MR) is 59.2 cm³/mol. The molecule has 1 heterocycles. The van der Waals surface area contributed by atoms with Crippen LogP contribution in [0.5, 0.6) is 5.88 Å². The Morgan fingerprint density at radius 3 is 2.65 bits per heavy atom. The van der Waals surface area contributed by atoms with Gasteiger partial charge in [0.25, 0.3) is 6.43 Å². The minimum Gasteiger partial charge on any atom is -0.481 e. The number of hydrogen-bond acceptors (Lipinski definition) is 4. The average molecular weight is 310 g/mol. The molecule has 17 heavy (non-hydrogen) atoms. The second kappa shape index (κ2) is 5.90. The summed E-state index contributed by atoms with van der Waals surface area (Å²) < 4.78 is 35.2. The van der Waals surface area contributed by atoms with Gasteiger partial charge >= 0.3 is 5.97 Å². The van der Waals surface area contributed by atoms with E-state index in [4.69, 9.17) is 4.74 Å². The van der Waals surface area contributed by atoms with Crippen molar-refractivity contribution in [2.75, 3.05) is 14.2 Å². The molecular formula is C10H10BrF2NO3. The highest BCUT2D eigenvalue weighted by Crippen LogP contribution is 2.34. The van der Waals surface area contributed by atoms with Crippen molar-refractivity contribution < 1.29 is 23.0 Å². The number of rotatable bonds is 4. The Balaban J connectivity index is 3.29. The standard InChI is InChI=1S/C10H10BrF2NO3/c1-16-7(15)3-5-8(9(12)13)6(11)4-14-10(5)17-2/h4,9H,3H2,1-2H3. The van der Waals surface area contributed by atoms with E-state index >= 15 is 0 Å². The molecule has 94 valence electrons. The Kier molecular flexibility index (Phi) is 4.80. The van der Waals surface area contributed by atoms with Crippen LogP contribution in [-0.2, 0) is 16.0 Å². The zero-order chi connectivity index (χ0) is 13.0. The number of nitrogens with zero attached hydrogens (tertiary/aromatic N) is 1. The molecule has 0 amide bonds. The maximum absolute atomic E-state index is 12.9. The van der Waals surface area contributed by atoms with Crippen LogP contribution in [-0.4, -0.2) is 25.2 Å². The van der Waals surface area contributed by atoms with Gasteiger partial charge in [0.05, 0.1) is 20.6 Å². The van der Waals surface area contributed by atoms with Gasteiger partial charge in [0.15, 0.2) is 0 Å². The minimum absolute atomic E-state index is 0.00565. The molecule has 0 atom stereocenters. The Hall–Kier alpha value is -1.24. The fraction of sp³-hybridized carbons (Fsp3) is 0.400. The molecule has 0 spiro atoms. The zero-order valence-electron chi connectivity index (χ0n) is 9.17. The number of halogens is 3. The molecule has 7 heteroatoms. The average Bonchev–Trinajstić information content (AvgIpc) is 2.28. The van der Waals surface area contributed by atoms with Crippen LogP contribution in [0.3, 0.4) is 0 Å². The molecule has 1 aromatic rings. The summed E-state index contributed by atoms with van der Waals surface area (Å²) in [6.45, 7) is 0. The third-order valence-electron chi connectivity index (χ3n) is 2.10. The van der Waals surface area contributed by atoms with Crippen LogP contribution in [0.2, 0.25) is 0 Å². The second-order valence-electron chi connectivity index (χ2n) is 3.06. The van der Waals surface area contributed by atoms with Crippen molar-refractivity contribution in [3.05, 3.63) is 21.8 Å². The van der Waals surface area contributed by atoms with Crippen molar-refractivity contribution in [2.45, 2.75) is 12.8 Å². The normalized spacial score (nSPS) is 10.5. The highest BCUT2D eigenvalue weighted by atomic mass is 79.9. The summed E-state index contributed by atoms with van der Waals surface area (Å²) in [7, 11) is 2.48. The Labute approximate surface area is 105 Å². The van der Waals surface area contributed by atoms with Crippen molar-refractivity contribution in [2.24, 2.45) is 0 Å². The van der Waals surface area contributed by atoms with Crippen molar-refractivity contribution in [3.8, 4) is 5.88 Å². The fourth-order valence-electron chi connectivity index (χ4n) is 1.32. The number of carbonyl (C=O) groups is 1. The van der Waals surface area contributed by atoms with Crippen LogP contribution >= 0.6 is 15.9 Å². The second-order valence-corrected chi connectivity index (χ2v) is 3.92. The van der Waals surface area contributed by atoms with Gasteiger partial charge in [0.2, 0.25) is 5.88 Å². The first-order chi connectivity index (χ1) is 8.01. The lowest BCUT2D eigenvalue weighted by Crippen LogP contribution is -2.10. The van der Waals surface area contributed by atoms with E-state index in [1.54, 1.807) is 0 Å². The number of carbonyl (C=O) groups excluding carboxylic acids is 1. The van der Waals surface area contributed by atoms with E-state index in [0.717, 1.165) is 0 Å². The molecule has 0 aromatic carbocycles. The predicted octanol–water partition coefficient (Wildman–Crippen LogP) is 2.51. The first kappa shape index (κ1) is 13.8. The van der Waals surface area contributed by atoms with E-state index < -0.39 is 12.4 Å². The molecule has 0 saturated carbocycles.